The van der Waals surface area contributed by atoms with Crippen LogP contribution < -0.4 is 5.32 Å². The van der Waals surface area contributed by atoms with Crippen LogP contribution in [0.5, 0.6) is 0 Å². The predicted molar refractivity (Wildman–Crippen MR) is 77.4 cm³/mol. The van der Waals surface area contributed by atoms with Crippen LogP contribution in [0.25, 0.3) is 0 Å². The second kappa shape index (κ2) is 9.83. The van der Waals surface area contributed by atoms with Crippen molar-refractivity contribution in [2.45, 2.75) is 17.9 Å². The zero-order valence-electron chi connectivity index (χ0n) is 11.5. The molecule has 0 unspecified atom stereocenters. The Hall–Kier alpha value is -1.04. The van der Waals surface area contributed by atoms with Gasteiger partial charge in [0.1, 0.15) is 0 Å². The molecule has 4 nitrogen and oxygen atoms in total. The van der Waals surface area contributed by atoms with Crippen LogP contribution in [0, 0.1) is 0 Å². The molecule has 0 atom stereocenters. The number of benzene rings is 1. The molecule has 0 saturated heterocycles. The molecule has 0 aliphatic rings. The third-order valence-corrected chi connectivity index (χ3v) is 3.68. The highest BCUT2D eigenvalue weighted by molar-refractivity contribution is 7.99. The molecule has 0 spiro atoms. The molecule has 0 bridgehead atoms. The van der Waals surface area contributed by atoms with Crippen molar-refractivity contribution in [2.24, 2.45) is 0 Å². The van der Waals surface area contributed by atoms with Gasteiger partial charge >= 0.3 is 5.97 Å². The van der Waals surface area contributed by atoms with E-state index in [9.17, 15) is 4.79 Å². The maximum atomic E-state index is 11.1. The fraction of sp³-hybridized carbons (Fsp3) is 0.500. The van der Waals surface area contributed by atoms with Crippen molar-refractivity contribution in [3.05, 3.63) is 29.8 Å². The van der Waals surface area contributed by atoms with Gasteiger partial charge in [-0.05, 0) is 11.6 Å². The van der Waals surface area contributed by atoms with E-state index in [-0.39, 0.29) is 5.97 Å². The lowest BCUT2D eigenvalue weighted by Gasteiger charge is -2.09. The van der Waals surface area contributed by atoms with Gasteiger partial charge in [-0.15, -0.1) is 11.8 Å². The number of thioether (sulfide) groups is 1. The molecular weight excluding hydrogens is 262 g/mol. The Bertz CT molecular complexity index is 385. The summed E-state index contributed by atoms with van der Waals surface area (Å²) in [6.07, 6.45) is 0.437. The molecule has 0 aliphatic heterocycles. The summed E-state index contributed by atoms with van der Waals surface area (Å²) in [4.78, 5) is 12.3. The smallest absolute Gasteiger partial charge is 0.306 e. The Morgan fingerprint density at radius 3 is 2.84 bits per heavy atom. The Labute approximate surface area is 118 Å². The maximum absolute atomic E-state index is 11.1. The molecule has 19 heavy (non-hydrogen) atoms. The van der Waals surface area contributed by atoms with Gasteiger partial charge in [0, 0.05) is 30.8 Å². The molecule has 1 N–H and O–H groups in total. The predicted octanol–water partition coefficient (Wildman–Crippen LogP) is 2.08. The summed E-state index contributed by atoms with van der Waals surface area (Å²) in [5, 5.41) is 3.32. The van der Waals surface area contributed by atoms with Gasteiger partial charge < -0.3 is 14.8 Å². The Kier molecular flexibility index (Phi) is 8.29. The minimum Gasteiger partial charge on any atom is -0.469 e. The number of esters is 1. The van der Waals surface area contributed by atoms with Crippen LogP contribution in [0.4, 0.5) is 0 Å². The molecule has 1 aromatic carbocycles. The van der Waals surface area contributed by atoms with Gasteiger partial charge in [0.05, 0.1) is 20.1 Å². The van der Waals surface area contributed by atoms with Crippen LogP contribution in [0.15, 0.2) is 29.2 Å². The van der Waals surface area contributed by atoms with Crippen molar-refractivity contribution < 1.29 is 14.3 Å². The SMILES string of the molecule is COCCNCc1ccccc1SCCC(=O)OC. The van der Waals surface area contributed by atoms with E-state index >= 15 is 0 Å². The van der Waals surface area contributed by atoms with Crippen LogP contribution in [0.2, 0.25) is 0 Å². The highest BCUT2D eigenvalue weighted by atomic mass is 32.2. The second-order valence-electron chi connectivity index (χ2n) is 3.95. The molecular formula is C14H21NO3S. The average Bonchev–Trinajstić information content (AvgIpc) is 2.44. The number of rotatable bonds is 9. The van der Waals surface area contributed by atoms with Crippen LogP contribution in [0.3, 0.4) is 0 Å². The summed E-state index contributed by atoms with van der Waals surface area (Å²) in [5.74, 6) is 0.574. The molecule has 1 aromatic rings. The first kappa shape index (κ1) is 16.0. The summed E-state index contributed by atoms with van der Waals surface area (Å²) in [5.41, 5.74) is 1.24. The maximum Gasteiger partial charge on any atom is 0.306 e. The van der Waals surface area contributed by atoms with E-state index in [1.165, 1.54) is 17.6 Å². The third kappa shape index (κ3) is 6.61. The van der Waals surface area contributed by atoms with Crippen molar-refractivity contribution in [1.82, 2.24) is 5.32 Å². The minimum absolute atomic E-state index is 0.164. The van der Waals surface area contributed by atoms with E-state index in [1.807, 2.05) is 12.1 Å². The van der Waals surface area contributed by atoms with Gasteiger partial charge in [-0.3, -0.25) is 4.79 Å². The van der Waals surface area contributed by atoms with E-state index in [1.54, 1.807) is 18.9 Å². The Morgan fingerprint density at radius 1 is 1.32 bits per heavy atom. The lowest BCUT2D eigenvalue weighted by atomic mass is 10.2. The largest absolute Gasteiger partial charge is 0.469 e. The normalized spacial score (nSPS) is 10.4. The van der Waals surface area contributed by atoms with Crippen LogP contribution in [-0.2, 0) is 20.8 Å². The van der Waals surface area contributed by atoms with Crippen molar-refractivity contribution in [3.8, 4) is 0 Å². The molecule has 106 valence electrons. The fourth-order valence-corrected chi connectivity index (χ4v) is 2.52. The number of carbonyl (C=O) groups excluding carboxylic acids is 1. The van der Waals surface area contributed by atoms with Gasteiger partial charge in [0.15, 0.2) is 0 Å². The lowest BCUT2D eigenvalue weighted by molar-refractivity contribution is -0.140. The fourth-order valence-electron chi connectivity index (χ4n) is 1.53. The zero-order chi connectivity index (χ0) is 13.9. The van der Waals surface area contributed by atoms with Crippen molar-refractivity contribution in [2.75, 3.05) is 33.1 Å². The quantitative estimate of drug-likeness (QED) is 0.427. The van der Waals surface area contributed by atoms with Crippen LogP contribution in [-0.4, -0.2) is 39.1 Å². The number of hydrogen-bond acceptors (Lipinski definition) is 5. The first-order valence-corrected chi connectivity index (χ1v) is 7.23. The van der Waals surface area contributed by atoms with E-state index in [0.29, 0.717) is 13.0 Å². The van der Waals surface area contributed by atoms with E-state index in [2.05, 4.69) is 22.2 Å². The third-order valence-electron chi connectivity index (χ3n) is 2.56. The van der Waals surface area contributed by atoms with Gasteiger partial charge in [0.25, 0.3) is 0 Å². The molecule has 1 rings (SSSR count). The summed E-state index contributed by atoms with van der Waals surface area (Å²) in [6, 6.07) is 8.21. The second-order valence-corrected chi connectivity index (χ2v) is 5.09. The number of methoxy groups -OCH3 is 2. The topological polar surface area (TPSA) is 47.6 Å². The minimum atomic E-state index is -0.164. The van der Waals surface area contributed by atoms with Crippen LogP contribution in [0.1, 0.15) is 12.0 Å². The van der Waals surface area contributed by atoms with Gasteiger partial charge in [-0.2, -0.15) is 0 Å². The number of carbonyl (C=O) groups is 1. The van der Waals surface area contributed by atoms with Crippen molar-refractivity contribution >= 4 is 17.7 Å². The molecule has 0 fully saturated rings. The highest BCUT2D eigenvalue weighted by Crippen LogP contribution is 2.23. The molecule has 0 saturated carbocycles. The number of hydrogen-bond donors (Lipinski definition) is 1. The van der Waals surface area contributed by atoms with E-state index < -0.39 is 0 Å². The zero-order valence-corrected chi connectivity index (χ0v) is 12.3. The summed E-state index contributed by atoms with van der Waals surface area (Å²) < 4.78 is 9.63. The molecule has 5 heteroatoms. The van der Waals surface area contributed by atoms with Gasteiger partial charge in [0.2, 0.25) is 0 Å². The van der Waals surface area contributed by atoms with E-state index in [4.69, 9.17) is 4.74 Å². The lowest BCUT2D eigenvalue weighted by Crippen LogP contribution is -2.18. The summed E-state index contributed by atoms with van der Waals surface area (Å²) >= 11 is 1.68. The Balaban J connectivity index is 2.41. The first-order chi connectivity index (χ1) is 9.27. The van der Waals surface area contributed by atoms with Gasteiger partial charge in [-0.1, -0.05) is 18.2 Å². The molecule has 0 aromatic heterocycles. The molecule has 0 heterocycles. The number of nitrogens with one attached hydrogen (secondary N) is 1. The van der Waals surface area contributed by atoms with Crippen molar-refractivity contribution in [3.63, 3.8) is 0 Å². The first-order valence-electron chi connectivity index (χ1n) is 6.25. The Morgan fingerprint density at radius 2 is 2.11 bits per heavy atom. The molecule has 0 aliphatic carbocycles. The van der Waals surface area contributed by atoms with Crippen LogP contribution >= 0.6 is 11.8 Å². The summed E-state index contributed by atoms with van der Waals surface area (Å²) in [7, 11) is 3.11. The monoisotopic (exact) mass is 283 g/mol. The average molecular weight is 283 g/mol. The van der Waals surface area contributed by atoms with E-state index in [0.717, 1.165) is 18.8 Å². The standard InChI is InChI=1S/C14H21NO3S/c1-17-9-8-15-11-12-5-3-4-6-13(12)19-10-7-14(16)18-2/h3-6,15H,7-11H2,1-2H3. The number of ether oxygens (including phenoxy) is 2. The summed E-state index contributed by atoms with van der Waals surface area (Å²) in [6.45, 7) is 2.35. The molecule has 0 amide bonds. The van der Waals surface area contributed by atoms with Crippen molar-refractivity contribution in [1.29, 1.82) is 0 Å². The highest BCUT2D eigenvalue weighted by Gasteiger charge is 2.04. The van der Waals surface area contributed by atoms with Gasteiger partial charge in [-0.25, -0.2) is 0 Å². The molecule has 0 radical (unpaired) electrons.